The van der Waals surface area contributed by atoms with E-state index in [9.17, 15) is 14.4 Å². The molecule has 1 saturated heterocycles. The molecule has 1 aromatic heterocycles. The minimum atomic E-state index is -0.618. The molecule has 4 rings (SSSR count). The minimum Gasteiger partial charge on any atom is -0.462 e. The molecule has 1 aliphatic carbocycles. The van der Waals surface area contributed by atoms with Gasteiger partial charge in [0.2, 0.25) is 5.91 Å². The summed E-state index contributed by atoms with van der Waals surface area (Å²) in [5.41, 5.74) is 1.23. The fourth-order valence-electron chi connectivity index (χ4n) is 4.96. The Morgan fingerprint density at radius 3 is 2.41 bits per heavy atom. The van der Waals surface area contributed by atoms with Gasteiger partial charge in [0.15, 0.2) is 0 Å². The largest absolute Gasteiger partial charge is 0.462 e. The lowest BCUT2D eigenvalue weighted by molar-refractivity contribution is -0.139. The summed E-state index contributed by atoms with van der Waals surface area (Å²) in [5, 5.41) is 0. The molecule has 1 saturated carbocycles. The number of piperazine rings is 1. The highest BCUT2D eigenvalue weighted by atomic mass is 16.5. The SMILES string of the molecule is CCOC(=O)c1c(C(=O)N2CCN(C(=O)C3CCCC3)C(C)C2)nc(C)nc1-c1ccccc1. The van der Waals surface area contributed by atoms with Gasteiger partial charge in [-0.15, -0.1) is 0 Å². The zero-order valence-electron chi connectivity index (χ0n) is 20.1. The number of ether oxygens (including phenoxy) is 1. The predicted octanol–water partition coefficient (Wildman–Crippen LogP) is 3.49. The summed E-state index contributed by atoms with van der Waals surface area (Å²) in [6.07, 6.45) is 4.12. The third-order valence-electron chi connectivity index (χ3n) is 6.65. The van der Waals surface area contributed by atoms with Crippen molar-refractivity contribution in [1.29, 1.82) is 0 Å². The Morgan fingerprint density at radius 2 is 1.76 bits per heavy atom. The zero-order valence-corrected chi connectivity index (χ0v) is 20.1. The van der Waals surface area contributed by atoms with Gasteiger partial charge in [-0.05, 0) is 33.6 Å². The molecule has 2 aliphatic rings. The van der Waals surface area contributed by atoms with Crippen molar-refractivity contribution in [3.8, 4) is 11.3 Å². The minimum absolute atomic E-state index is 0.0487. The number of carbonyl (C=O) groups excluding carboxylic acids is 3. The van der Waals surface area contributed by atoms with Crippen molar-refractivity contribution in [2.75, 3.05) is 26.2 Å². The lowest BCUT2D eigenvalue weighted by Gasteiger charge is -2.41. The Bertz CT molecular complexity index is 1070. The van der Waals surface area contributed by atoms with Crippen molar-refractivity contribution in [2.24, 2.45) is 5.92 Å². The fraction of sp³-hybridized carbons (Fsp3) is 0.500. The second-order valence-corrected chi connectivity index (χ2v) is 9.04. The van der Waals surface area contributed by atoms with Crippen LogP contribution in [-0.2, 0) is 9.53 Å². The van der Waals surface area contributed by atoms with Gasteiger partial charge in [0.1, 0.15) is 17.1 Å². The molecule has 2 fully saturated rings. The summed E-state index contributed by atoms with van der Waals surface area (Å²) < 4.78 is 5.29. The van der Waals surface area contributed by atoms with Crippen molar-refractivity contribution in [3.63, 3.8) is 0 Å². The molecule has 2 amide bonds. The van der Waals surface area contributed by atoms with Crippen molar-refractivity contribution in [3.05, 3.63) is 47.4 Å². The summed E-state index contributed by atoms with van der Waals surface area (Å²) in [5.74, 6) is -0.247. The van der Waals surface area contributed by atoms with Crippen molar-refractivity contribution >= 4 is 17.8 Å². The van der Waals surface area contributed by atoms with Gasteiger partial charge in [0.05, 0.1) is 12.3 Å². The van der Waals surface area contributed by atoms with Crippen molar-refractivity contribution in [1.82, 2.24) is 19.8 Å². The Morgan fingerprint density at radius 1 is 1.06 bits per heavy atom. The number of amides is 2. The number of hydrogen-bond donors (Lipinski definition) is 0. The normalized spacial score (nSPS) is 18.7. The molecule has 0 radical (unpaired) electrons. The average Bonchev–Trinajstić information content (AvgIpc) is 3.38. The van der Waals surface area contributed by atoms with E-state index in [1.807, 2.05) is 42.2 Å². The predicted molar refractivity (Wildman–Crippen MR) is 127 cm³/mol. The number of hydrogen-bond acceptors (Lipinski definition) is 6. The van der Waals surface area contributed by atoms with Gasteiger partial charge in [0.25, 0.3) is 5.91 Å². The number of esters is 1. The van der Waals surface area contributed by atoms with Crippen LogP contribution in [0.2, 0.25) is 0 Å². The maximum absolute atomic E-state index is 13.7. The molecule has 1 atom stereocenters. The van der Waals surface area contributed by atoms with Gasteiger partial charge in [-0.25, -0.2) is 14.8 Å². The van der Waals surface area contributed by atoms with Crippen LogP contribution < -0.4 is 0 Å². The Balaban J connectivity index is 1.63. The Kier molecular flexibility index (Phi) is 7.24. The molecule has 1 unspecified atom stereocenters. The summed E-state index contributed by atoms with van der Waals surface area (Å²) in [6, 6.07) is 9.16. The quantitative estimate of drug-likeness (QED) is 0.629. The summed E-state index contributed by atoms with van der Waals surface area (Å²) in [7, 11) is 0. The topological polar surface area (TPSA) is 92.7 Å². The van der Waals surface area contributed by atoms with Crippen LogP contribution in [0.1, 0.15) is 66.2 Å². The van der Waals surface area contributed by atoms with Crippen LogP contribution >= 0.6 is 0 Å². The summed E-state index contributed by atoms with van der Waals surface area (Å²) in [4.78, 5) is 52.1. The third-order valence-corrected chi connectivity index (χ3v) is 6.65. The van der Waals surface area contributed by atoms with Crippen LogP contribution in [0.15, 0.2) is 30.3 Å². The fourth-order valence-corrected chi connectivity index (χ4v) is 4.96. The lowest BCUT2D eigenvalue weighted by Crippen LogP contribution is -2.56. The van der Waals surface area contributed by atoms with Crippen molar-refractivity contribution in [2.45, 2.75) is 52.5 Å². The molecule has 8 heteroatoms. The van der Waals surface area contributed by atoms with Crippen LogP contribution in [0, 0.1) is 12.8 Å². The molecule has 0 spiro atoms. The van der Waals surface area contributed by atoms with Gasteiger partial charge in [-0.2, -0.15) is 0 Å². The molecule has 8 nitrogen and oxygen atoms in total. The first kappa shape index (κ1) is 23.9. The van der Waals surface area contributed by atoms with Crippen LogP contribution in [-0.4, -0.2) is 69.8 Å². The first-order valence-corrected chi connectivity index (χ1v) is 12.1. The molecular formula is C26H32N4O4. The second-order valence-electron chi connectivity index (χ2n) is 9.04. The van der Waals surface area contributed by atoms with E-state index in [2.05, 4.69) is 9.97 Å². The van der Waals surface area contributed by atoms with E-state index < -0.39 is 5.97 Å². The van der Waals surface area contributed by atoms with Gasteiger partial charge < -0.3 is 14.5 Å². The molecule has 0 bridgehead atoms. The number of aromatic nitrogens is 2. The second kappa shape index (κ2) is 10.3. The van der Waals surface area contributed by atoms with E-state index in [4.69, 9.17) is 4.74 Å². The molecule has 2 heterocycles. The van der Waals surface area contributed by atoms with Crippen LogP contribution in [0.4, 0.5) is 0 Å². The first-order chi connectivity index (χ1) is 16.4. The molecular weight excluding hydrogens is 432 g/mol. The highest BCUT2D eigenvalue weighted by molar-refractivity contribution is 6.07. The Hall–Kier alpha value is -3.29. The third kappa shape index (κ3) is 4.81. The first-order valence-electron chi connectivity index (χ1n) is 12.1. The van der Waals surface area contributed by atoms with E-state index in [1.54, 1.807) is 18.7 Å². The average molecular weight is 465 g/mol. The molecule has 0 N–H and O–H groups in total. The summed E-state index contributed by atoms with van der Waals surface area (Å²) >= 11 is 0. The van der Waals surface area contributed by atoms with Gasteiger partial charge in [-0.1, -0.05) is 43.2 Å². The lowest BCUT2D eigenvalue weighted by atomic mass is 10.0. The molecule has 34 heavy (non-hydrogen) atoms. The highest BCUT2D eigenvalue weighted by Gasteiger charge is 2.36. The smallest absolute Gasteiger partial charge is 0.342 e. The van der Waals surface area contributed by atoms with E-state index in [0.29, 0.717) is 36.7 Å². The summed E-state index contributed by atoms with van der Waals surface area (Å²) in [6.45, 7) is 6.84. The molecule has 180 valence electrons. The van der Waals surface area contributed by atoms with Gasteiger partial charge >= 0.3 is 5.97 Å². The van der Waals surface area contributed by atoms with E-state index in [-0.39, 0.29) is 41.6 Å². The standard InChI is InChI=1S/C26H32N4O4/c1-4-34-26(33)21-22(19-10-6-5-7-11-19)27-18(3)28-23(21)25(32)29-14-15-30(17(2)16-29)24(31)20-12-8-9-13-20/h5-7,10-11,17,20H,4,8-9,12-16H2,1-3H3. The van der Waals surface area contributed by atoms with Crippen LogP contribution in [0.3, 0.4) is 0 Å². The number of aryl methyl sites for hydroxylation is 1. The monoisotopic (exact) mass is 464 g/mol. The van der Waals surface area contributed by atoms with Gasteiger partial charge in [0, 0.05) is 37.2 Å². The zero-order chi connectivity index (χ0) is 24.2. The van der Waals surface area contributed by atoms with E-state index in [0.717, 1.165) is 25.7 Å². The number of nitrogens with zero attached hydrogens (tertiary/aromatic N) is 4. The van der Waals surface area contributed by atoms with Crippen LogP contribution in [0.25, 0.3) is 11.3 Å². The van der Waals surface area contributed by atoms with E-state index >= 15 is 0 Å². The number of carbonyl (C=O) groups is 3. The Labute approximate surface area is 200 Å². The van der Waals surface area contributed by atoms with Gasteiger partial charge in [-0.3, -0.25) is 9.59 Å². The highest BCUT2D eigenvalue weighted by Crippen LogP contribution is 2.29. The molecule has 2 aromatic rings. The number of rotatable bonds is 5. The molecule has 1 aliphatic heterocycles. The maximum atomic E-state index is 13.7. The number of benzene rings is 1. The van der Waals surface area contributed by atoms with E-state index in [1.165, 1.54) is 0 Å². The molecule has 1 aromatic carbocycles. The van der Waals surface area contributed by atoms with Crippen molar-refractivity contribution < 1.29 is 19.1 Å². The van der Waals surface area contributed by atoms with Crippen LogP contribution in [0.5, 0.6) is 0 Å². The maximum Gasteiger partial charge on any atom is 0.342 e.